The molecule has 0 bridgehead atoms. The van der Waals surface area contributed by atoms with Gasteiger partial charge in [0, 0.05) is 0 Å². The van der Waals surface area contributed by atoms with Crippen molar-refractivity contribution >= 4 is 29.2 Å². The second-order valence-corrected chi connectivity index (χ2v) is 5.00. The van der Waals surface area contributed by atoms with Gasteiger partial charge in [0.15, 0.2) is 16.6 Å². The zero-order chi connectivity index (χ0) is 18.2. The van der Waals surface area contributed by atoms with E-state index in [1.165, 1.54) is 37.6 Å². The maximum Gasteiger partial charge on any atom is 0.387 e. The lowest BCUT2D eigenvalue weighted by molar-refractivity contribution is -0.0512. The SMILES string of the molecule is COc1ccc(/C=N\NC(=S)Nc2ccccc2F)cc1OC(F)F. The number of methoxy groups -OCH3 is 1. The summed E-state index contributed by atoms with van der Waals surface area (Å²) < 4.78 is 47.6. The summed E-state index contributed by atoms with van der Waals surface area (Å²) in [6.07, 6.45) is 1.34. The summed E-state index contributed by atoms with van der Waals surface area (Å²) in [5.41, 5.74) is 3.17. The quantitative estimate of drug-likeness (QED) is 0.461. The van der Waals surface area contributed by atoms with E-state index >= 15 is 0 Å². The van der Waals surface area contributed by atoms with E-state index in [9.17, 15) is 13.2 Å². The lowest BCUT2D eigenvalue weighted by atomic mass is 10.2. The number of hydrazone groups is 1. The molecule has 25 heavy (non-hydrogen) atoms. The Kier molecular flexibility index (Phi) is 6.58. The second kappa shape index (κ2) is 8.88. The minimum absolute atomic E-state index is 0.0684. The Labute approximate surface area is 147 Å². The molecular weight excluding hydrogens is 355 g/mol. The van der Waals surface area contributed by atoms with Crippen LogP contribution in [0.4, 0.5) is 18.9 Å². The third-order valence-corrected chi connectivity index (χ3v) is 3.10. The minimum atomic E-state index is -2.98. The molecule has 2 rings (SSSR count). The van der Waals surface area contributed by atoms with Gasteiger partial charge >= 0.3 is 6.61 Å². The molecule has 0 spiro atoms. The minimum Gasteiger partial charge on any atom is -0.493 e. The van der Waals surface area contributed by atoms with Crippen LogP contribution in [0.25, 0.3) is 0 Å². The number of thiocarbonyl (C=S) groups is 1. The Hall–Kier alpha value is -2.81. The van der Waals surface area contributed by atoms with Gasteiger partial charge in [-0.2, -0.15) is 13.9 Å². The van der Waals surface area contributed by atoms with E-state index in [2.05, 4.69) is 20.6 Å². The number of hydrogen-bond acceptors (Lipinski definition) is 4. The van der Waals surface area contributed by atoms with Gasteiger partial charge in [-0.3, -0.25) is 5.43 Å². The standard InChI is InChI=1S/C16H14F3N3O2S/c1-23-13-7-6-10(8-14(13)24-15(18)19)9-20-22-16(25)21-12-5-3-2-4-11(12)17/h2-9,15H,1H3,(H2,21,22,25)/b20-9-. The maximum absolute atomic E-state index is 13.5. The summed E-state index contributed by atoms with van der Waals surface area (Å²) in [6, 6.07) is 10.4. The fourth-order valence-corrected chi connectivity index (χ4v) is 2.00. The fourth-order valence-electron chi connectivity index (χ4n) is 1.84. The highest BCUT2D eigenvalue weighted by molar-refractivity contribution is 7.80. The highest BCUT2D eigenvalue weighted by Gasteiger charge is 2.10. The Morgan fingerprint density at radius 3 is 2.64 bits per heavy atom. The molecule has 0 aliphatic heterocycles. The number of hydrogen-bond donors (Lipinski definition) is 2. The van der Waals surface area contributed by atoms with Crippen LogP contribution in [0.1, 0.15) is 5.56 Å². The van der Waals surface area contributed by atoms with Crippen molar-refractivity contribution in [3.63, 3.8) is 0 Å². The zero-order valence-corrected chi connectivity index (χ0v) is 13.8. The van der Waals surface area contributed by atoms with Crippen LogP contribution >= 0.6 is 12.2 Å². The summed E-state index contributed by atoms with van der Waals surface area (Å²) in [6.45, 7) is -2.98. The van der Waals surface area contributed by atoms with Crippen molar-refractivity contribution in [3.05, 3.63) is 53.8 Å². The van der Waals surface area contributed by atoms with Gasteiger partial charge in [0.2, 0.25) is 0 Å². The molecule has 0 fully saturated rings. The molecule has 0 unspecified atom stereocenters. The van der Waals surface area contributed by atoms with Crippen LogP contribution in [-0.4, -0.2) is 25.0 Å². The molecule has 0 aromatic heterocycles. The third kappa shape index (κ3) is 5.64. The van der Waals surface area contributed by atoms with Crippen molar-refractivity contribution in [1.82, 2.24) is 5.43 Å². The summed E-state index contributed by atoms with van der Waals surface area (Å²) >= 11 is 4.99. The van der Waals surface area contributed by atoms with Crippen LogP contribution in [0.3, 0.4) is 0 Å². The molecule has 0 atom stereocenters. The number of alkyl halides is 2. The number of ether oxygens (including phenoxy) is 2. The van der Waals surface area contributed by atoms with Crippen LogP contribution in [0, 0.1) is 5.82 Å². The van der Waals surface area contributed by atoms with Crippen LogP contribution < -0.4 is 20.2 Å². The van der Waals surface area contributed by atoms with Gasteiger partial charge in [-0.1, -0.05) is 12.1 Å². The predicted octanol–water partition coefficient (Wildman–Crippen LogP) is 3.76. The third-order valence-electron chi connectivity index (χ3n) is 2.91. The van der Waals surface area contributed by atoms with Gasteiger partial charge in [0.1, 0.15) is 5.82 Å². The molecule has 0 saturated carbocycles. The van der Waals surface area contributed by atoms with Crippen LogP contribution in [0.5, 0.6) is 11.5 Å². The van der Waals surface area contributed by atoms with Gasteiger partial charge in [0.05, 0.1) is 19.0 Å². The molecule has 0 saturated heterocycles. The summed E-state index contributed by atoms with van der Waals surface area (Å²) in [4.78, 5) is 0. The molecule has 0 radical (unpaired) electrons. The Morgan fingerprint density at radius 1 is 1.20 bits per heavy atom. The van der Waals surface area contributed by atoms with Gasteiger partial charge in [-0.25, -0.2) is 4.39 Å². The Balaban J connectivity index is 1.99. The summed E-state index contributed by atoms with van der Waals surface area (Å²) in [7, 11) is 1.34. The monoisotopic (exact) mass is 369 g/mol. The number of benzene rings is 2. The average molecular weight is 369 g/mol. The van der Waals surface area contributed by atoms with Crippen LogP contribution in [0.15, 0.2) is 47.6 Å². The molecular formula is C16H14F3N3O2S. The normalized spacial score (nSPS) is 10.8. The highest BCUT2D eigenvalue weighted by Crippen LogP contribution is 2.28. The maximum atomic E-state index is 13.5. The number of halogens is 3. The molecule has 0 heterocycles. The Bertz CT molecular complexity index is 772. The van der Waals surface area contributed by atoms with E-state index in [0.717, 1.165) is 0 Å². The summed E-state index contributed by atoms with van der Waals surface area (Å²) in [5.74, 6) is -0.407. The summed E-state index contributed by atoms with van der Waals surface area (Å²) in [5, 5.41) is 6.57. The van der Waals surface area contributed by atoms with Crippen molar-refractivity contribution in [3.8, 4) is 11.5 Å². The van der Waals surface area contributed by atoms with Crippen molar-refractivity contribution in [1.29, 1.82) is 0 Å². The van der Waals surface area contributed by atoms with Crippen molar-refractivity contribution in [2.45, 2.75) is 6.61 Å². The Morgan fingerprint density at radius 2 is 1.96 bits per heavy atom. The molecule has 0 aliphatic carbocycles. The van der Waals surface area contributed by atoms with E-state index in [-0.39, 0.29) is 22.3 Å². The molecule has 9 heteroatoms. The topological polar surface area (TPSA) is 54.9 Å². The van der Waals surface area contributed by atoms with Crippen molar-refractivity contribution < 1.29 is 22.6 Å². The van der Waals surface area contributed by atoms with Crippen LogP contribution in [-0.2, 0) is 0 Å². The molecule has 0 amide bonds. The second-order valence-electron chi connectivity index (χ2n) is 4.59. The largest absolute Gasteiger partial charge is 0.493 e. The van der Waals surface area contributed by atoms with E-state index in [1.807, 2.05) is 0 Å². The number of nitrogens with zero attached hydrogens (tertiary/aromatic N) is 1. The smallest absolute Gasteiger partial charge is 0.387 e. The van der Waals surface area contributed by atoms with Crippen molar-refractivity contribution in [2.75, 3.05) is 12.4 Å². The van der Waals surface area contributed by atoms with E-state index < -0.39 is 12.4 Å². The first-order valence-electron chi connectivity index (χ1n) is 6.97. The number of para-hydroxylation sites is 1. The average Bonchev–Trinajstić information content (AvgIpc) is 2.57. The first-order chi connectivity index (χ1) is 12.0. The predicted molar refractivity (Wildman–Crippen MR) is 93.0 cm³/mol. The van der Waals surface area contributed by atoms with Gasteiger partial charge < -0.3 is 14.8 Å². The zero-order valence-electron chi connectivity index (χ0n) is 13.0. The number of nitrogens with one attached hydrogen (secondary N) is 2. The van der Waals surface area contributed by atoms with Crippen molar-refractivity contribution in [2.24, 2.45) is 5.10 Å². The van der Waals surface area contributed by atoms with E-state index in [1.54, 1.807) is 18.2 Å². The number of rotatable bonds is 6. The first-order valence-corrected chi connectivity index (χ1v) is 7.38. The first kappa shape index (κ1) is 18.5. The molecule has 2 aromatic rings. The molecule has 2 N–H and O–H groups in total. The molecule has 5 nitrogen and oxygen atoms in total. The lowest BCUT2D eigenvalue weighted by Crippen LogP contribution is -2.24. The lowest BCUT2D eigenvalue weighted by Gasteiger charge is -2.10. The van der Waals surface area contributed by atoms with E-state index in [4.69, 9.17) is 17.0 Å². The van der Waals surface area contributed by atoms with E-state index in [0.29, 0.717) is 5.56 Å². The van der Waals surface area contributed by atoms with Crippen LogP contribution in [0.2, 0.25) is 0 Å². The van der Waals surface area contributed by atoms with Gasteiger partial charge in [-0.15, -0.1) is 0 Å². The molecule has 132 valence electrons. The van der Waals surface area contributed by atoms with Gasteiger partial charge in [-0.05, 0) is 48.1 Å². The van der Waals surface area contributed by atoms with Gasteiger partial charge in [0.25, 0.3) is 0 Å². The number of anilines is 1. The highest BCUT2D eigenvalue weighted by atomic mass is 32.1. The molecule has 2 aromatic carbocycles. The molecule has 0 aliphatic rings. The fraction of sp³-hybridized carbons (Fsp3) is 0.125.